The molecule has 1 aromatic heterocycles. The third kappa shape index (κ3) is 3.28. The molecule has 2 atom stereocenters. The molecule has 1 N–H and O–H groups in total. The Bertz CT molecular complexity index is 334. The molecule has 96 valence electrons. The van der Waals surface area contributed by atoms with Gasteiger partial charge in [-0.15, -0.1) is 0 Å². The van der Waals surface area contributed by atoms with Gasteiger partial charge >= 0.3 is 0 Å². The first-order valence-electron chi connectivity index (χ1n) is 6.25. The molecular weight excluding hydrogens is 218 g/mol. The van der Waals surface area contributed by atoms with E-state index in [0.29, 0.717) is 0 Å². The van der Waals surface area contributed by atoms with Gasteiger partial charge < -0.3 is 19.4 Å². The van der Waals surface area contributed by atoms with Crippen molar-refractivity contribution in [2.24, 2.45) is 0 Å². The monoisotopic (exact) mass is 239 g/mol. The quantitative estimate of drug-likeness (QED) is 0.831. The van der Waals surface area contributed by atoms with Crippen LogP contribution in [0.4, 0.5) is 0 Å². The Morgan fingerprint density at radius 3 is 3.29 bits per heavy atom. The van der Waals surface area contributed by atoms with Gasteiger partial charge in [0.2, 0.25) is 0 Å². The van der Waals surface area contributed by atoms with Gasteiger partial charge in [0, 0.05) is 26.2 Å². The number of hydrogen-bond donors (Lipinski definition) is 1. The summed E-state index contributed by atoms with van der Waals surface area (Å²) in [7, 11) is 0. The highest BCUT2D eigenvalue weighted by molar-refractivity contribution is 5.05. The third-order valence-corrected chi connectivity index (χ3v) is 2.91. The zero-order chi connectivity index (χ0) is 12.1. The molecule has 2 heterocycles. The Kier molecular flexibility index (Phi) is 4.53. The Balaban J connectivity index is 2.00. The van der Waals surface area contributed by atoms with Crippen LogP contribution in [-0.4, -0.2) is 42.0 Å². The highest BCUT2D eigenvalue weighted by atomic mass is 16.5. The van der Waals surface area contributed by atoms with Crippen LogP contribution in [-0.2, 0) is 16.0 Å². The van der Waals surface area contributed by atoms with Crippen molar-refractivity contribution in [1.82, 2.24) is 14.9 Å². The van der Waals surface area contributed by atoms with Gasteiger partial charge in [-0.05, 0) is 13.8 Å². The van der Waals surface area contributed by atoms with Gasteiger partial charge in [0.25, 0.3) is 0 Å². The van der Waals surface area contributed by atoms with Crippen LogP contribution < -0.4 is 5.32 Å². The van der Waals surface area contributed by atoms with E-state index >= 15 is 0 Å². The van der Waals surface area contributed by atoms with Crippen LogP contribution in [0.25, 0.3) is 0 Å². The van der Waals surface area contributed by atoms with Gasteiger partial charge in [-0.1, -0.05) is 0 Å². The van der Waals surface area contributed by atoms with E-state index < -0.39 is 0 Å². The van der Waals surface area contributed by atoms with Crippen LogP contribution in [0.15, 0.2) is 12.5 Å². The lowest BCUT2D eigenvalue weighted by molar-refractivity contribution is 0.0189. The number of rotatable bonds is 5. The second-order valence-corrected chi connectivity index (χ2v) is 4.30. The Labute approximate surface area is 102 Å². The molecule has 1 fully saturated rings. The minimum Gasteiger partial charge on any atom is -0.377 e. The number of nitrogens with zero attached hydrogens (tertiary/aromatic N) is 2. The van der Waals surface area contributed by atoms with E-state index in [2.05, 4.69) is 21.8 Å². The molecule has 2 unspecified atom stereocenters. The molecule has 5 heteroatoms. The summed E-state index contributed by atoms with van der Waals surface area (Å²) < 4.78 is 13.4. The third-order valence-electron chi connectivity index (χ3n) is 2.91. The highest BCUT2D eigenvalue weighted by Gasteiger charge is 2.20. The minimum atomic E-state index is 0.111. The fourth-order valence-electron chi connectivity index (χ4n) is 2.12. The van der Waals surface area contributed by atoms with Gasteiger partial charge in [0.05, 0.1) is 30.9 Å². The highest BCUT2D eigenvalue weighted by Crippen LogP contribution is 2.18. The molecule has 2 rings (SSSR count). The molecule has 0 aliphatic carbocycles. The van der Waals surface area contributed by atoms with Crippen LogP contribution in [0.3, 0.4) is 0 Å². The van der Waals surface area contributed by atoms with Gasteiger partial charge in [0.15, 0.2) is 0 Å². The van der Waals surface area contributed by atoms with Gasteiger partial charge in [-0.3, -0.25) is 0 Å². The van der Waals surface area contributed by atoms with Gasteiger partial charge in [-0.2, -0.15) is 0 Å². The van der Waals surface area contributed by atoms with E-state index in [9.17, 15) is 0 Å². The summed E-state index contributed by atoms with van der Waals surface area (Å²) in [5.41, 5.74) is 1.13. The van der Waals surface area contributed by atoms with E-state index in [1.165, 1.54) is 0 Å². The zero-order valence-electron chi connectivity index (χ0n) is 10.6. The number of hydrogen-bond acceptors (Lipinski definition) is 4. The average Bonchev–Trinajstić information content (AvgIpc) is 2.78. The number of aromatic nitrogens is 2. The van der Waals surface area contributed by atoms with Gasteiger partial charge in [0.1, 0.15) is 6.10 Å². The number of imidazole rings is 1. The molecule has 1 saturated heterocycles. The number of nitrogens with one attached hydrogen (secondary N) is 1. The maximum absolute atomic E-state index is 5.74. The van der Waals surface area contributed by atoms with Crippen molar-refractivity contribution >= 4 is 0 Å². The summed E-state index contributed by atoms with van der Waals surface area (Å²) in [6.07, 6.45) is 4.05. The van der Waals surface area contributed by atoms with E-state index in [0.717, 1.165) is 38.5 Å². The topological polar surface area (TPSA) is 48.3 Å². The first-order chi connectivity index (χ1) is 8.31. The maximum atomic E-state index is 5.74. The zero-order valence-corrected chi connectivity index (χ0v) is 10.6. The maximum Gasteiger partial charge on any atom is 0.111 e. The lowest BCUT2D eigenvalue weighted by atomic mass is 10.2. The van der Waals surface area contributed by atoms with Gasteiger partial charge in [-0.25, -0.2) is 4.98 Å². The molecule has 1 aromatic rings. The van der Waals surface area contributed by atoms with E-state index in [-0.39, 0.29) is 12.2 Å². The first-order valence-corrected chi connectivity index (χ1v) is 6.25. The van der Waals surface area contributed by atoms with E-state index in [1.54, 1.807) is 0 Å². The minimum absolute atomic E-state index is 0.111. The van der Waals surface area contributed by atoms with Crippen molar-refractivity contribution in [3.63, 3.8) is 0 Å². The lowest BCUT2D eigenvalue weighted by Crippen LogP contribution is -2.34. The number of morpholine rings is 1. The smallest absolute Gasteiger partial charge is 0.111 e. The molecule has 17 heavy (non-hydrogen) atoms. The van der Waals surface area contributed by atoms with Crippen molar-refractivity contribution < 1.29 is 9.47 Å². The van der Waals surface area contributed by atoms with Crippen LogP contribution >= 0.6 is 0 Å². The van der Waals surface area contributed by atoms with Crippen molar-refractivity contribution in [2.75, 3.05) is 26.3 Å². The molecule has 5 nitrogen and oxygen atoms in total. The Morgan fingerprint density at radius 2 is 2.59 bits per heavy atom. The standard InChI is InChI=1S/C12H21N3O2/c1-3-16-10(2)8-15-9-14-6-11(15)12-7-13-4-5-17-12/h6,9-10,12-13H,3-5,7-8H2,1-2H3. The molecule has 1 aliphatic heterocycles. The second-order valence-electron chi connectivity index (χ2n) is 4.30. The molecule has 0 radical (unpaired) electrons. The molecule has 1 aliphatic rings. The number of ether oxygens (including phenoxy) is 2. The summed E-state index contributed by atoms with van der Waals surface area (Å²) in [4.78, 5) is 4.21. The molecule has 0 saturated carbocycles. The fourth-order valence-corrected chi connectivity index (χ4v) is 2.12. The summed E-state index contributed by atoms with van der Waals surface area (Å²) in [5.74, 6) is 0. The molecule has 0 aromatic carbocycles. The lowest BCUT2D eigenvalue weighted by Gasteiger charge is -2.25. The second kappa shape index (κ2) is 6.14. The molecular formula is C12H21N3O2. The van der Waals surface area contributed by atoms with E-state index in [4.69, 9.17) is 9.47 Å². The van der Waals surface area contributed by atoms with Crippen molar-refractivity contribution in [1.29, 1.82) is 0 Å². The summed E-state index contributed by atoms with van der Waals surface area (Å²) in [5, 5.41) is 3.33. The average molecular weight is 239 g/mol. The fraction of sp³-hybridized carbons (Fsp3) is 0.750. The van der Waals surface area contributed by atoms with Crippen LogP contribution in [0.5, 0.6) is 0 Å². The first kappa shape index (κ1) is 12.5. The molecule has 0 spiro atoms. The predicted octanol–water partition coefficient (Wildman–Crippen LogP) is 0.969. The van der Waals surface area contributed by atoms with Crippen molar-refractivity contribution in [3.05, 3.63) is 18.2 Å². The van der Waals surface area contributed by atoms with Crippen molar-refractivity contribution in [2.45, 2.75) is 32.6 Å². The largest absolute Gasteiger partial charge is 0.377 e. The summed E-state index contributed by atoms with van der Waals surface area (Å²) >= 11 is 0. The van der Waals surface area contributed by atoms with Crippen LogP contribution in [0, 0.1) is 0 Å². The van der Waals surface area contributed by atoms with E-state index in [1.807, 2.05) is 19.4 Å². The van der Waals surface area contributed by atoms with Crippen LogP contribution in [0.1, 0.15) is 25.6 Å². The Hall–Kier alpha value is -0.910. The Morgan fingerprint density at radius 1 is 1.71 bits per heavy atom. The molecule has 0 amide bonds. The predicted molar refractivity (Wildman–Crippen MR) is 64.9 cm³/mol. The van der Waals surface area contributed by atoms with Crippen LogP contribution in [0.2, 0.25) is 0 Å². The summed E-state index contributed by atoms with van der Waals surface area (Å²) in [6, 6.07) is 0. The normalized spacial score (nSPS) is 22.6. The van der Waals surface area contributed by atoms with Crippen molar-refractivity contribution in [3.8, 4) is 0 Å². The molecule has 0 bridgehead atoms. The SMILES string of the molecule is CCOC(C)Cn1cncc1C1CNCCO1. The summed E-state index contributed by atoms with van der Waals surface area (Å²) in [6.45, 7) is 8.20.